The Hall–Kier alpha value is -3.64. The van der Waals surface area contributed by atoms with Crippen LogP contribution in [0.4, 0.5) is 5.69 Å². The molecular formula is C32H41NO10. The van der Waals surface area contributed by atoms with Crippen molar-refractivity contribution in [1.82, 2.24) is 0 Å². The number of carbonyl (C=O) groups excluding carboxylic acids is 2. The molecule has 2 aliphatic rings. The van der Waals surface area contributed by atoms with Crippen LogP contribution in [0, 0.1) is 5.92 Å². The number of hydrogen-bond acceptors (Lipinski definition) is 10. The van der Waals surface area contributed by atoms with Gasteiger partial charge in [0.1, 0.15) is 41.1 Å². The summed E-state index contributed by atoms with van der Waals surface area (Å²) in [5, 5.41) is 2.84. The second-order valence-corrected chi connectivity index (χ2v) is 11.0. The van der Waals surface area contributed by atoms with E-state index in [1.165, 1.54) is 14.2 Å². The van der Waals surface area contributed by atoms with E-state index in [4.69, 9.17) is 37.9 Å². The summed E-state index contributed by atoms with van der Waals surface area (Å²) >= 11 is 0. The maximum absolute atomic E-state index is 13.5. The van der Waals surface area contributed by atoms with E-state index in [2.05, 4.69) is 5.32 Å². The smallest absolute Gasteiger partial charge is 0.344 e. The van der Waals surface area contributed by atoms with Crippen molar-refractivity contribution in [3.63, 3.8) is 0 Å². The molecule has 0 radical (unpaired) electrons. The van der Waals surface area contributed by atoms with E-state index in [0.29, 0.717) is 5.75 Å². The molecule has 1 saturated heterocycles. The lowest BCUT2D eigenvalue weighted by Gasteiger charge is -2.26. The molecule has 1 unspecified atom stereocenters. The van der Waals surface area contributed by atoms with E-state index in [-0.39, 0.29) is 42.7 Å². The zero-order valence-corrected chi connectivity index (χ0v) is 25.7. The van der Waals surface area contributed by atoms with Crippen molar-refractivity contribution in [1.29, 1.82) is 0 Å². The first kappa shape index (κ1) is 32.3. The van der Waals surface area contributed by atoms with Crippen molar-refractivity contribution in [3.05, 3.63) is 59.7 Å². The fraction of sp³-hybridized carbons (Fsp3) is 0.500. The lowest BCUT2D eigenvalue weighted by molar-refractivity contribution is -0.157. The van der Waals surface area contributed by atoms with Crippen LogP contribution in [-0.2, 0) is 35.1 Å². The third-order valence-corrected chi connectivity index (χ3v) is 7.29. The van der Waals surface area contributed by atoms with Gasteiger partial charge in [-0.15, -0.1) is 0 Å². The van der Waals surface area contributed by atoms with Gasteiger partial charge in [-0.1, -0.05) is 31.2 Å². The minimum Gasteiger partial charge on any atom is -0.497 e. The second-order valence-electron chi connectivity index (χ2n) is 11.0. The summed E-state index contributed by atoms with van der Waals surface area (Å²) in [6.07, 6.45) is 1.37. The van der Waals surface area contributed by atoms with Crippen LogP contribution >= 0.6 is 0 Å². The fourth-order valence-corrected chi connectivity index (χ4v) is 4.89. The van der Waals surface area contributed by atoms with E-state index in [0.717, 1.165) is 11.3 Å². The molecule has 234 valence electrons. The minimum atomic E-state index is -0.959. The average molecular weight is 600 g/mol. The number of anilines is 1. The molecule has 1 amide bonds. The van der Waals surface area contributed by atoms with Gasteiger partial charge in [-0.25, -0.2) is 4.79 Å². The number of nitrogens with one attached hydrogen (secondary N) is 1. The van der Waals surface area contributed by atoms with E-state index < -0.39 is 42.1 Å². The predicted octanol–water partition coefficient (Wildman–Crippen LogP) is 4.87. The van der Waals surface area contributed by atoms with Gasteiger partial charge < -0.3 is 43.2 Å². The highest BCUT2D eigenvalue weighted by atomic mass is 16.8. The lowest BCUT2D eigenvalue weighted by atomic mass is 9.99. The van der Waals surface area contributed by atoms with E-state index >= 15 is 0 Å². The van der Waals surface area contributed by atoms with Gasteiger partial charge in [-0.05, 0) is 38.5 Å². The largest absolute Gasteiger partial charge is 0.497 e. The second kappa shape index (κ2) is 14.2. The number of rotatable bonds is 8. The molecule has 0 spiro atoms. The zero-order valence-electron chi connectivity index (χ0n) is 25.7. The third-order valence-electron chi connectivity index (χ3n) is 7.29. The van der Waals surface area contributed by atoms with Crippen LogP contribution in [0.2, 0.25) is 0 Å². The van der Waals surface area contributed by atoms with E-state index in [1.54, 1.807) is 40.0 Å². The Labute approximate surface area is 252 Å². The molecule has 1 N–H and O–H groups in total. The van der Waals surface area contributed by atoms with Gasteiger partial charge in [-0.3, -0.25) is 4.79 Å². The molecule has 0 aliphatic carbocycles. The molecule has 0 bridgehead atoms. The Kier molecular flexibility index (Phi) is 10.7. The Morgan fingerprint density at radius 1 is 0.953 bits per heavy atom. The Bertz CT molecular complexity index is 1290. The summed E-state index contributed by atoms with van der Waals surface area (Å²) in [5.74, 6) is -0.971. The number of ether oxygens (including phenoxy) is 8. The predicted molar refractivity (Wildman–Crippen MR) is 157 cm³/mol. The van der Waals surface area contributed by atoms with Gasteiger partial charge in [0.2, 0.25) is 5.91 Å². The Balaban J connectivity index is 1.69. The molecule has 1 fully saturated rings. The summed E-state index contributed by atoms with van der Waals surface area (Å²) in [6.45, 7) is 7.49. The number of carbonyl (C=O) groups is 2. The number of hydrogen-bond donors (Lipinski definition) is 1. The van der Waals surface area contributed by atoms with Crippen LogP contribution in [-0.4, -0.2) is 70.2 Å². The van der Waals surface area contributed by atoms with Gasteiger partial charge in [-0.2, -0.15) is 0 Å². The monoisotopic (exact) mass is 599 g/mol. The van der Waals surface area contributed by atoms with Gasteiger partial charge in [0, 0.05) is 25.2 Å². The molecule has 11 nitrogen and oxygen atoms in total. The number of fused-ring (bicyclic) bond motifs is 2. The number of esters is 1. The minimum absolute atomic E-state index is 0.0486. The maximum atomic E-state index is 13.5. The van der Waals surface area contributed by atoms with Crippen molar-refractivity contribution in [2.24, 2.45) is 5.92 Å². The van der Waals surface area contributed by atoms with Crippen molar-refractivity contribution in [2.45, 2.75) is 70.9 Å². The van der Waals surface area contributed by atoms with Crippen LogP contribution in [0.3, 0.4) is 0 Å². The standard InChI is InChI=1S/C32H41NO10/c1-19-8-13-25(39-17-21-9-11-22(37-6)12-10-21)30-27(42-32(3,4)43-30)16-28(34)33-24-14-23(38-7)15-26(40-18-36-5)29(24)31(35)41-20(19)2/h8-15,19-20,25,27,30H,16-18H2,1-7H3,(H,33,34)/b13-8-/t19-,20+,25?,27+,30-/m1/s1. The first-order valence-corrected chi connectivity index (χ1v) is 14.2. The molecule has 2 aliphatic heterocycles. The quantitative estimate of drug-likeness (QED) is 0.256. The lowest BCUT2D eigenvalue weighted by Crippen LogP contribution is -2.38. The van der Waals surface area contributed by atoms with Gasteiger partial charge in [0.25, 0.3) is 0 Å². The third kappa shape index (κ3) is 8.26. The van der Waals surface area contributed by atoms with Crippen molar-refractivity contribution < 1.29 is 47.5 Å². The highest BCUT2D eigenvalue weighted by Gasteiger charge is 2.46. The highest BCUT2D eigenvalue weighted by molar-refractivity contribution is 6.04. The molecule has 0 saturated carbocycles. The Morgan fingerprint density at radius 3 is 2.35 bits per heavy atom. The summed E-state index contributed by atoms with van der Waals surface area (Å²) in [4.78, 5) is 27.0. The van der Waals surface area contributed by atoms with Crippen LogP contribution in [0.25, 0.3) is 0 Å². The van der Waals surface area contributed by atoms with Crippen molar-refractivity contribution >= 4 is 17.6 Å². The molecule has 2 heterocycles. The van der Waals surface area contributed by atoms with Crippen LogP contribution in [0.5, 0.6) is 17.2 Å². The van der Waals surface area contributed by atoms with Crippen LogP contribution < -0.4 is 19.5 Å². The summed E-state index contributed by atoms with van der Waals surface area (Å²) in [7, 11) is 4.55. The van der Waals surface area contributed by atoms with E-state index in [9.17, 15) is 9.59 Å². The SMILES string of the molecule is COCOc1cc(OC)cc2c1C(=O)O[C@@H](C)[C@H](C)/C=C\C(OCc1ccc(OC)cc1)[C@H]1OC(C)(C)O[C@H]1CC(=O)N2. The summed E-state index contributed by atoms with van der Waals surface area (Å²) < 4.78 is 46.1. The zero-order chi connectivity index (χ0) is 31.1. The number of benzene rings is 2. The molecule has 11 heteroatoms. The summed E-state index contributed by atoms with van der Waals surface area (Å²) in [5.41, 5.74) is 1.16. The van der Waals surface area contributed by atoms with Gasteiger partial charge >= 0.3 is 5.97 Å². The number of amides is 1. The Morgan fingerprint density at radius 2 is 1.67 bits per heavy atom. The number of cyclic esters (lactones) is 1. The van der Waals surface area contributed by atoms with Crippen molar-refractivity contribution in [2.75, 3.05) is 33.4 Å². The maximum Gasteiger partial charge on any atom is 0.344 e. The molecule has 0 aromatic heterocycles. The van der Waals surface area contributed by atoms with Gasteiger partial charge in [0.15, 0.2) is 12.6 Å². The molecule has 2 aromatic carbocycles. The van der Waals surface area contributed by atoms with Crippen molar-refractivity contribution in [3.8, 4) is 17.2 Å². The van der Waals surface area contributed by atoms with Gasteiger partial charge in [0.05, 0.1) is 39.0 Å². The normalized spacial score (nSPS) is 26.3. The molecule has 5 atom stereocenters. The fourth-order valence-electron chi connectivity index (χ4n) is 4.89. The van der Waals surface area contributed by atoms with E-state index in [1.807, 2.05) is 43.3 Å². The summed E-state index contributed by atoms with van der Waals surface area (Å²) in [6, 6.07) is 10.7. The first-order chi connectivity index (χ1) is 20.5. The average Bonchev–Trinajstić information content (AvgIpc) is 3.28. The molecular weight excluding hydrogens is 558 g/mol. The highest BCUT2D eigenvalue weighted by Crippen LogP contribution is 2.37. The van der Waals surface area contributed by atoms with Crippen LogP contribution in [0.15, 0.2) is 48.6 Å². The molecule has 2 aromatic rings. The first-order valence-electron chi connectivity index (χ1n) is 14.2. The molecule has 43 heavy (non-hydrogen) atoms. The van der Waals surface area contributed by atoms with Crippen LogP contribution in [0.1, 0.15) is 50.0 Å². The molecule has 4 rings (SSSR count). The topological polar surface area (TPSA) is 120 Å². The number of methoxy groups -OCH3 is 3.